The van der Waals surface area contributed by atoms with Gasteiger partial charge >= 0.3 is 0 Å². The van der Waals surface area contributed by atoms with Gasteiger partial charge in [0.25, 0.3) is 0 Å². The maximum absolute atomic E-state index is 12.4. The molecule has 0 aliphatic heterocycles. The fourth-order valence-corrected chi connectivity index (χ4v) is 0.804. The second-order valence-corrected chi connectivity index (χ2v) is 2.44. The van der Waals surface area contributed by atoms with Gasteiger partial charge in [0, 0.05) is 0 Å². The van der Waals surface area contributed by atoms with Gasteiger partial charge in [-0.15, -0.1) is 0 Å². The number of halogens is 1. The summed E-state index contributed by atoms with van der Waals surface area (Å²) >= 11 is 0. The molecule has 3 heteroatoms. The first-order chi connectivity index (χ1) is 5.83. The third kappa shape index (κ3) is 2.88. The van der Waals surface area contributed by atoms with Gasteiger partial charge in [0.1, 0.15) is 11.6 Å². The minimum atomic E-state index is -0.249. The highest BCUT2D eigenvalue weighted by Crippen LogP contribution is 2.10. The Morgan fingerprint density at radius 3 is 2.50 bits per heavy atom. The Morgan fingerprint density at radius 1 is 1.25 bits per heavy atom. The Labute approximate surface area is 71.1 Å². The molecule has 0 heterocycles. The Bertz CT molecular complexity index is 222. The van der Waals surface area contributed by atoms with Crippen molar-refractivity contribution in [3.05, 3.63) is 30.1 Å². The molecule has 0 radical (unpaired) electrons. The van der Waals surface area contributed by atoms with Crippen molar-refractivity contribution in [1.29, 1.82) is 0 Å². The minimum Gasteiger partial charge on any atom is -0.494 e. The van der Waals surface area contributed by atoms with E-state index in [-0.39, 0.29) is 5.82 Å². The molecule has 0 saturated carbocycles. The molecule has 1 aromatic carbocycles. The van der Waals surface area contributed by atoms with Crippen molar-refractivity contribution in [1.82, 2.24) is 0 Å². The van der Waals surface area contributed by atoms with Crippen LogP contribution in [0.15, 0.2) is 24.3 Å². The van der Waals surface area contributed by atoms with Gasteiger partial charge in [-0.05, 0) is 37.2 Å². The summed E-state index contributed by atoms with van der Waals surface area (Å²) in [6.45, 7) is 1.20. The third-order valence-electron chi connectivity index (χ3n) is 1.43. The Kier molecular flexibility index (Phi) is 3.54. The molecule has 66 valence electrons. The monoisotopic (exact) mass is 169 g/mol. The normalized spacial score (nSPS) is 9.83. The topological polar surface area (TPSA) is 35.2 Å². The van der Waals surface area contributed by atoms with Crippen LogP contribution in [0, 0.1) is 5.82 Å². The second kappa shape index (κ2) is 4.72. The van der Waals surface area contributed by atoms with Crippen molar-refractivity contribution in [3.63, 3.8) is 0 Å². The average molecular weight is 169 g/mol. The summed E-state index contributed by atoms with van der Waals surface area (Å²) < 4.78 is 17.7. The maximum Gasteiger partial charge on any atom is 0.123 e. The number of hydrogen-bond donors (Lipinski definition) is 1. The second-order valence-electron chi connectivity index (χ2n) is 2.44. The smallest absolute Gasteiger partial charge is 0.123 e. The van der Waals surface area contributed by atoms with Gasteiger partial charge in [-0.25, -0.2) is 4.39 Å². The lowest BCUT2D eigenvalue weighted by molar-refractivity contribution is 0.313. The van der Waals surface area contributed by atoms with Gasteiger partial charge in [-0.3, -0.25) is 0 Å². The van der Waals surface area contributed by atoms with Crippen LogP contribution in [0.3, 0.4) is 0 Å². The molecule has 0 spiro atoms. The Balaban J connectivity index is 2.37. The molecule has 0 unspecified atom stereocenters. The lowest BCUT2D eigenvalue weighted by Gasteiger charge is -2.03. The van der Waals surface area contributed by atoms with E-state index in [1.807, 2.05) is 0 Å². The maximum atomic E-state index is 12.4. The summed E-state index contributed by atoms with van der Waals surface area (Å²) in [7, 11) is 0. The molecule has 0 fully saturated rings. The quantitative estimate of drug-likeness (QED) is 0.694. The summed E-state index contributed by atoms with van der Waals surface area (Å²) in [6, 6.07) is 5.95. The molecule has 2 nitrogen and oxygen atoms in total. The average Bonchev–Trinajstić information content (AvgIpc) is 2.09. The molecule has 1 aromatic rings. The zero-order chi connectivity index (χ0) is 8.81. The van der Waals surface area contributed by atoms with Gasteiger partial charge in [-0.1, -0.05) is 0 Å². The molecule has 1 rings (SSSR count). The van der Waals surface area contributed by atoms with Crippen LogP contribution in [0.1, 0.15) is 6.42 Å². The highest BCUT2D eigenvalue weighted by molar-refractivity contribution is 5.21. The highest BCUT2D eigenvalue weighted by Gasteiger charge is 1.92. The van der Waals surface area contributed by atoms with E-state index in [0.717, 1.165) is 6.42 Å². The van der Waals surface area contributed by atoms with Crippen molar-refractivity contribution < 1.29 is 9.13 Å². The van der Waals surface area contributed by atoms with E-state index >= 15 is 0 Å². The first-order valence-corrected chi connectivity index (χ1v) is 3.91. The minimum absolute atomic E-state index is 0.249. The molecule has 0 aliphatic rings. The molecular formula is C9H12FNO. The number of hydrogen-bond acceptors (Lipinski definition) is 2. The molecule has 0 amide bonds. The van der Waals surface area contributed by atoms with Crippen LogP contribution in [0.5, 0.6) is 5.75 Å². The van der Waals surface area contributed by atoms with E-state index in [1.54, 1.807) is 12.1 Å². The Hall–Kier alpha value is -1.09. The van der Waals surface area contributed by atoms with Crippen molar-refractivity contribution in [2.45, 2.75) is 6.42 Å². The molecule has 2 N–H and O–H groups in total. The zero-order valence-electron chi connectivity index (χ0n) is 6.79. The van der Waals surface area contributed by atoms with E-state index in [0.29, 0.717) is 18.9 Å². The van der Waals surface area contributed by atoms with Gasteiger partial charge in [0.05, 0.1) is 6.61 Å². The van der Waals surface area contributed by atoms with Crippen LogP contribution in [-0.2, 0) is 0 Å². The van der Waals surface area contributed by atoms with Crippen LogP contribution in [0.4, 0.5) is 4.39 Å². The third-order valence-corrected chi connectivity index (χ3v) is 1.43. The van der Waals surface area contributed by atoms with Crippen LogP contribution >= 0.6 is 0 Å². The molecule has 12 heavy (non-hydrogen) atoms. The number of ether oxygens (including phenoxy) is 1. The summed E-state index contributed by atoms with van der Waals surface area (Å²) in [4.78, 5) is 0. The van der Waals surface area contributed by atoms with Crippen LogP contribution in [0.2, 0.25) is 0 Å². The standard InChI is InChI=1S/C9H12FNO/c10-8-2-4-9(5-3-8)12-7-1-6-11/h2-5H,1,6-7,11H2. The van der Waals surface area contributed by atoms with Crippen molar-refractivity contribution in [2.24, 2.45) is 5.73 Å². The van der Waals surface area contributed by atoms with Gasteiger partial charge < -0.3 is 10.5 Å². The van der Waals surface area contributed by atoms with Crippen LogP contribution in [-0.4, -0.2) is 13.2 Å². The zero-order valence-corrected chi connectivity index (χ0v) is 6.79. The van der Waals surface area contributed by atoms with E-state index in [4.69, 9.17) is 10.5 Å². The molecule has 0 aromatic heterocycles. The number of nitrogens with two attached hydrogens (primary N) is 1. The van der Waals surface area contributed by atoms with Crippen molar-refractivity contribution in [2.75, 3.05) is 13.2 Å². The lowest BCUT2D eigenvalue weighted by Crippen LogP contribution is -2.05. The van der Waals surface area contributed by atoms with E-state index < -0.39 is 0 Å². The fraction of sp³-hybridized carbons (Fsp3) is 0.333. The molecular weight excluding hydrogens is 157 g/mol. The molecule has 0 bridgehead atoms. The van der Waals surface area contributed by atoms with E-state index in [9.17, 15) is 4.39 Å². The van der Waals surface area contributed by atoms with Crippen LogP contribution in [0.25, 0.3) is 0 Å². The predicted molar refractivity (Wildman–Crippen MR) is 45.6 cm³/mol. The first kappa shape index (κ1) is 9.00. The SMILES string of the molecule is NCCCOc1ccc(F)cc1. The molecule has 0 aliphatic carbocycles. The highest BCUT2D eigenvalue weighted by atomic mass is 19.1. The van der Waals surface area contributed by atoms with Crippen LogP contribution < -0.4 is 10.5 Å². The largest absolute Gasteiger partial charge is 0.494 e. The van der Waals surface area contributed by atoms with E-state index in [1.165, 1.54) is 12.1 Å². The summed E-state index contributed by atoms with van der Waals surface area (Å²) in [5, 5.41) is 0. The van der Waals surface area contributed by atoms with Gasteiger partial charge in [-0.2, -0.15) is 0 Å². The van der Waals surface area contributed by atoms with E-state index in [2.05, 4.69) is 0 Å². The lowest BCUT2D eigenvalue weighted by atomic mass is 10.3. The van der Waals surface area contributed by atoms with Gasteiger partial charge in [0.2, 0.25) is 0 Å². The number of rotatable bonds is 4. The Morgan fingerprint density at radius 2 is 1.92 bits per heavy atom. The molecule has 0 atom stereocenters. The molecule has 0 saturated heterocycles. The summed E-state index contributed by atoms with van der Waals surface area (Å²) in [5.41, 5.74) is 5.28. The summed E-state index contributed by atoms with van der Waals surface area (Å²) in [6.07, 6.45) is 0.817. The summed E-state index contributed by atoms with van der Waals surface area (Å²) in [5.74, 6) is 0.436. The van der Waals surface area contributed by atoms with Crippen molar-refractivity contribution in [3.8, 4) is 5.75 Å². The fourth-order valence-electron chi connectivity index (χ4n) is 0.804. The number of benzene rings is 1. The predicted octanol–water partition coefficient (Wildman–Crippen LogP) is 1.55. The van der Waals surface area contributed by atoms with Gasteiger partial charge in [0.15, 0.2) is 0 Å². The van der Waals surface area contributed by atoms with Crippen molar-refractivity contribution >= 4 is 0 Å². The first-order valence-electron chi connectivity index (χ1n) is 3.91.